The number of rotatable bonds is 4. The molecule has 0 saturated heterocycles. The van der Waals surface area contributed by atoms with Crippen LogP contribution in [-0.2, 0) is 16.6 Å². The van der Waals surface area contributed by atoms with E-state index in [0.29, 0.717) is 0 Å². The van der Waals surface area contributed by atoms with E-state index in [1.54, 1.807) is 0 Å². The van der Waals surface area contributed by atoms with E-state index in [1.165, 1.54) is 24.0 Å². The van der Waals surface area contributed by atoms with Crippen LogP contribution in [-0.4, -0.2) is 21.0 Å². The molecule has 0 aliphatic rings. The van der Waals surface area contributed by atoms with E-state index in [4.69, 9.17) is 4.74 Å². The van der Waals surface area contributed by atoms with Gasteiger partial charge in [0, 0.05) is 12.1 Å². The Morgan fingerprint density at radius 1 is 1.33 bits per heavy atom. The quantitative estimate of drug-likeness (QED) is 0.859. The highest BCUT2D eigenvalue weighted by Crippen LogP contribution is 2.24. The van der Waals surface area contributed by atoms with Gasteiger partial charge in [0.15, 0.2) is 0 Å². The number of ether oxygens (including phenoxy) is 1. The SMILES string of the molecule is COc1cccc(F)c1CNS(=O)(=O)C(F)(F)F. The standard InChI is InChI=1S/C9H9F4NO3S/c1-17-8-4-2-3-7(10)6(8)5-14-18(15,16)9(11,12)13/h2-4,14H,5H2,1H3. The highest BCUT2D eigenvalue weighted by Gasteiger charge is 2.45. The first-order valence-corrected chi connectivity index (χ1v) is 6.04. The third kappa shape index (κ3) is 3.10. The van der Waals surface area contributed by atoms with Gasteiger partial charge in [-0.1, -0.05) is 6.07 Å². The van der Waals surface area contributed by atoms with Gasteiger partial charge in [0.25, 0.3) is 0 Å². The Kier molecular flexibility index (Phi) is 4.17. The maximum absolute atomic E-state index is 13.3. The zero-order valence-electron chi connectivity index (χ0n) is 9.08. The fourth-order valence-electron chi connectivity index (χ4n) is 1.15. The minimum Gasteiger partial charge on any atom is -0.496 e. The van der Waals surface area contributed by atoms with Crippen LogP contribution in [0.1, 0.15) is 5.56 Å². The molecule has 0 aliphatic heterocycles. The number of hydrogen-bond donors (Lipinski definition) is 1. The third-order valence-corrected chi connectivity index (χ3v) is 3.17. The Morgan fingerprint density at radius 3 is 2.44 bits per heavy atom. The summed E-state index contributed by atoms with van der Waals surface area (Å²) in [4.78, 5) is 0. The van der Waals surface area contributed by atoms with Crippen molar-refractivity contribution in [3.05, 3.63) is 29.6 Å². The van der Waals surface area contributed by atoms with Crippen LogP contribution in [0.3, 0.4) is 0 Å². The Hall–Kier alpha value is -1.35. The second-order valence-electron chi connectivity index (χ2n) is 3.19. The van der Waals surface area contributed by atoms with Gasteiger partial charge in [-0.2, -0.15) is 13.2 Å². The second-order valence-corrected chi connectivity index (χ2v) is 4.95. The van der Waals surface area contributed by atoms with Crippen molar-refractivity contribution < 1.29 is 30.7 Å². The van der Waals surface area contributed by atoms with Gasteiger partial charge < -0.3 is 4.74 Å². The first kappa shape index (κ1) is 14.7. The maximum Gasteiger partial charge on any atom is 0.511 e. The first-order valence-electron chi connectivity index (χ1n) is 4.56. The zero-order valence-corrected chi connectivity index (χ0v) is 9.90. The number of sulfonamides is 1. The molecule has 0 bridgehead atoms. The average molecular weight is 287 g/mol. The van der Waals surface area contributed by atoms with Gasteiger partial charge in [0.2, 0.25) is 0 Å². The highest BCUT2D eigenvalue weighted by atomic mass is 32.2. The van der Waals surface area contributed by atoms with Crippen molar-refractivity contribution in [3.8, 4) is 5.75 Å². The number of halogens is 4. The molecule has 1 aromatic carbocycles. The lowest BCUT2D eigenvalue weighted by atomic mass is 10.2. The predicted octanol–water partition coefficient (Wildman–Crippen LogP) is 1.77. The lowest BCUT2D eigenvalue weighted by Gasteiger charge is -2.12. The topological polar surface area (TPSA) is 55.4 Å². The van der Waals surface area contributed by atoms with Crippen molar-refractivity contribution in [2.75, 3.05) is 7.11 Å². The fraction of sp³-hybridized carbons (Fsp3) is 0.333. The average Bonchev–Trinajstić information content (AvgIpc) is 2.25. The zero-order chi connectivity index (χ0) is 14.0. The summed E-state index contributed by atoms with van der Waals surface area (Å²) >= 11 is 0. The predicted molar refractivity (Wildman–Crippen MR) is 54.8 cm³/mol. The number of alkyl halides is 3. The van der Waals surface area contributed by atoms with Gasteiger partial charge in [-0.05, 0) is 12.1 Å². The van der Waals surface area contributed by atoms with Crippen molar-refractivity contribution in [3.63, 3.8) is 0 Å². The molecule has 102 valence electrons. The smallest absolute Gasteiger partial charge is 0.496 e. The molecule has 0 heterocycles. The summed E-state index contributed by atoms with van der Waals surface area (Å²) in [6.07, 6.45) is 0. The number of benzene rings is 1. The van der Waals surface area contributed by atoms with Gasteiger partial charge in [0.05, 0.1) is 7.11 Å². The normalized spacial score (nSPS) is 12.5. The van der Waals surface area contributed by atoms with Crippen molar-refractivity contribution in [2.24, 2.45) is 0 Å². The summed E-state index contributed by atoms with van der Waals surface area (Å²) in [7, 11) is -4.32. The number of nitrogens with one attached hydrogen (secondary N) is 1. The van der Waals surface area contributed by atoms with E-state index >= 15 is 0 Å². The monoisotopic (exact) mass is 287 g/mol. The van der Waals surface area contributed by atoms with Gasteiger partial charge >= 0.3 is 15.5 Å². The molecular weight excluding hydrogens is 278 g/mol. The summed E-state index contributed by atoms with van der Waals surface area (Å²) in [5.41, 5.74) is -5.74. The highest BCUT2D eigenvalue weighted by molar-refractivity contribution is 7.90. The fourth-order valence-corrected chi connectivity index (χ4v) is 1.65. The molecule has 0 saturated carbocycles. The van der Waals surface area contributed by atoms with Crippen molar-refractivity contribution in [1.82, 2.24) is 4.72 Å². The molecule has 0 unspecified atom stereocenters. The Labute approximate surface area is 101 Å². The second kappa shape index (κ2) is 5.11. The summed E-state index contributed by atoms with van der Waals surface area (Å²) in [6.45, 7) is -0.850. The first-order chi connectivity index (χ1) is 8.19. The molecule has 4 nitrogen and oxygen atoms in total. The van der Waals surface area contributed by atoms with Gasteiger partial charge in [-0.25, -0.2) is 17.5 Å². The van der Waals surface area contributed by atoms with E-state index in [1.807, 2.05) is 0 Å². The van der Waals surface area contributed by atoms with E-state index < -0.39 is 27.9 Å². The molecule has 0 radical (unpaired) electrons. The van der Waals surface area contributed by atoms with Gasteiger partial charge in [-0.15, -0.1) is 0 Å². The molecule has 1 N–H and O–H groups in total. The van der Waals surface area contributed by atoms with Crippen LogP contribution in [0.5, 0.6) is 5.75 Å². The van der Waals surface area contributed by atoms with E-state index in [0.717, 1.165) is 6.07 Å². The lowest BCUT2D eigenvalue weighted by Crippen LogP contribution is -2.36. The maximum atomic E-state index is 13.3. The van der Waals surface area contributed by atoms with Gasteiger partial charge in [-0.3, -0.25) is 0 Å². The molecule has 0 aromatic heterocycles. The molecule has 0 spiro atoms. The summed E-state index contributed by atoms with van der Waals surface area (Å²) in [6, 6.07) is 3.58. The molecule has 0 aliphatic carbocycles. The summed E-state index contributed by atoms with van der Waals surface area (Å²) in [5.74, 6) is -0.904. The molecule has 18 heavy (non-hydrogen) atoms. The number of methoxy groups -OCH3 is 1. The van der Waals surface area contributed by atoms with Crippen molar-refractivity contribution >= 4 is 10.0 Å². The Balaban J connectivity index is 2.95. The van der Waals surface area contributed by atoms with Crippen LogP contribution in [0.4, 0.5) is 17.6 Å². The minimum absolute atomic E-state index is 0.0418. The van der Waals surface area contributed by atoms with E-state index in [9.17, 15) is 26.0 Å². The molecule has 0 amide bonds. The Bertz CT molecular complexity index is 527. The summed E-state index contributed by atoms with van der Waals surface area (Å²) in [5, 5.41) is 0. The van der Waals surface area contributed by atoms with E-state index in [-0.39, 0.29) is 11.3 Å². The minimum atomic E-state index is -5.51. The Morgan fingerprint density at radius 2 is 1.94 bits per heavy atom. The van der Waals surface area contributed by atoms with Crippen LogP contribution < -0.4 is 9.46 Å². The third-order valence-electron chi connectivity index (χ3n) is 2.04. The van der Waals surface area contributed by atoms with Gasteiger partial charge in [0.1, 0.15) is 11.6 Å². The molecule has 1 aromatic rings. The van der Waals surface area contributed by atoms with E-state index in [2.05, 4.69) is 0 Å². The van der Waals surface area contributed by atoms with Crippen LogP contribution >= 0.6 is 0 Å². The van der Waals surface area contributed by atoms with Crippen molar-refractivity contribution in [1.29, 1.82) is 0 Å². The lowest BCUT2D eigenvalue weighted by molar-refractivity contribution is -0.0448. The van der Waals surface area contributed by atoms with Crippen LogP contribution in [0.2, 0.25) is 0 Å². The summed E-state index contributed by atoms with van der Waals surface area (Å²) < 4.78 is 76.9. The molecule has 9 heteroatoms. The van der Waals surface area contributed by atoms with Crippen LogP contribution in [0, 0.1) is 5.82 Å². The van der Waals surface area contributed by atoms with Crippen LogP contribution in [0.25, 0.3) is 0 Å². The number of hydrogen-bond acceptors (Lipinski definition) is 3. The molecule has 0 fully saturated rings. The molecule has 0 atom stereocenters. The van der Waals surface area contributed by atoms with Crippen LogP contribution in [0.15, 0.2) is 18.2 Å². The van der Waals surface area contributed by atoms with Crippen molar-refractivity contribution in [2.45, 2.75) is 12.1 Å². The largest absolute Gasteiger partial charge is 0.511 e. The molecule has 1 rings (SSSR count). The molecular formula is C9H9F4NO3S.